The molecule has 8 rings (SSSR count). The molecule has 1 fully saturated rings. The van der Waals surface area contributed by atoms with Gasteiger partial charge in [-0.25, -0.2) is 0 Å². The lowest BCUT2D eigenvalue weighted by Crippen LogP contribution is -2.54. The van der Waals surface area contributed by atoms with Crippen LogP contribution >= 0.6 is 11.6 Å². The zero-order valence-electron chi connectivity index (χ0n) is 22.7. The first kappa shape index (κ1) is 25.3. The number of hydrogen-bond donors (Lipinski definition) is 3. The van der Waals surface area contributed by atoms with Crippen LogP contribution in [0.5, 0.6) is 0 Å². The van der Waals surface area contributed by atoms with Crippen LogP contribution in [0.3, 0.4) is 0 Å². The molecule has 6 aromatic carbocycles. The number of halogens is 1. The van der Waals surface area contributed by atoms with Crippen LogP contribution < -0.4 is 16.0 Å². The van der Waals surface area contributed by atoms with E-state index in [0.29, 0.717) is 5.02 Å². The van der Waals surface area contributed by atoms with Gasteiger partial charge in [-0.2, -0.15) is 0 Å². The van der Waals surface area contributed by atoms with E-state index in [4.69, 9.17) is 16.0 Å². The Morgan fingerprint density at radius 2 is 1.05 bits per heavy atom. The van der Waals surface area contributed by atoms with Crippen molar-refractivity contribution < 1.29 is 4.42 Å². The molecule has 5 heteroatoms. The maximum atomic E-state index is 6.67. The molecule has 3 N–H and O–H groups in total. The van der Waals surface area contributed by atoms with Crippen molar-refractivity contribution >= 4 is 44.3 Å². The number of para-hydroxylation sites is 1. The SMILES string of the molecule is Clc1cc(-c2ccc(C3NC(c4ccccc4)NC(c4ccccc4)N3)c3ccccc23)c2c(c1)oc1ccccc12. The molecule has 1 aromatic heterocycles. The summed E-state index contributed by atoms with van der Waals surface area (Å²) in [6.45, 7) is 0. The third-order valence-electron chi connectivity index (χ3n) is 8.27. The van der Waals surface area contributed by atoms with E-state index in [9.17, 15) is 0 Å². The first-order valence-corrected chi connectivity index (χ1v) is 14.6. The summed E-state index contributed by atoms with van der Waals surface area (Å²) in [5.74, 6) is 0. The number of rotatable bonds is 4. The van der Waals surface area contributed by atoms with E-state index in [0.717, 1.165) is 33.1 Å². The largest absolute Gasteiger partial charge is 0.456 e. The van der Waals surface area contributed by atoms with Gasteiger partial charge in [0.15, 0.2) is 0 Å². The molecule has 0 saturated carbocycles. The van der Waals surface area contributed by atoms with Crippen molar-refractivity contribution in [2.24, 2.45) is 0 Å². The summed E-state index contributed by atoms with van der Waals surface area (Å²) in [5, 5.41) is 16.6. The van der Waals surface area contributed by atoms with Crippen molar-refractivity contribution in [3.8, 4) is 11.1 Å². The molecule has 2 atom stereocenters. The Kier molecular flexibility index (Phi) is 6.28. The first-order valence-electron chi connectivity index (χ1n) is 14.2. The van der Waals surface area contributed by atoms with Gasteiger partial charge in [0.25, 0.3) is 0 Å². The van der Waals surface area contributed by atoms with E-state index in [2.05, 4.69) is 131 Å². The quantitative estimate of drug-likeness (QED) is 0.199. The monoisotopic (exact) mass is 565 g/mol. The highest BCUT2D eigenvalue weighted by Gasteiger charge is 2.30. The summed E-state index contributed by atoms with van der Waals surface area (Å²) in [5.41, 5.74) is 7.43. The predicted octanol–water partition coefficient (Wildman–Crippen LogP) is 9.24. The van der Waals surface area contributed by atoms with Gasteiger partial charge in [-0.3, -0.25) is 16.0 Å². The molecule has 2 unspecified atom stereocenters. The number of nitrogens with one attached hydrogen (secondary N) is 3. The Bertz CT molecular complexity index is 2010. The summed E-state index contributed by atoms with van der Waals surface area (Å²) in [6.07, 6.45) is -0.174. The van der Waals surface area contributed by atoms with E-state index >= 15 is 0 Å². The van der Waals surface area contributed by atoms with Crippen molar-refractivity contribution in [2.45, 2.75) is 18.5 Å². The van der Waals surface area contributed by atoms with Crippen LogP contribution in [0.2, 0.25) is 5.02 Å². The molecule has 7 aromatic rings. The molecule has 204 valence electrons. The fourth-order valence-corrected chi connectivity index (χ4v) is 6.55. The molecule has 4 nitrogen and oxygen atoms in total. The van der Waals surface area contributed by atoms with Gasteiger partial charge in [0.2, 0.25) is 0 Å². The van der Waals surface area contributed by atoms with Crippen LogP contribution in [-0.4, -0.2) is 0 Å². The van der Waals surface area contributed by atoms with E-state index < -0.39 is 0 Å². The summed E-state index contributed by atoms with van der Waals surface area (Å²) >= 11 is 6.67. The van der Waals surface area contributed by atoms with Crippen LogP contribution in [0.4, 0.5) is 0 Å². The molecule has 0 aliphatic carbocycles. The second-order valence-corrected chi connectivity index (χ2v) is 11.2. The normalized spacial score (nSPS) is 19.0. The smallest absolute Gasteiger partial charge is 0.137 e. The fraction of sp³-hybridized carbons (Fsp3) is 0.0811. The fourth-order valence-electron chi connectivity index (χ4n) is 6.34. The molecule has 1 saturated heterocycles. The third kappa shape index (κ3) is 4.37. The number of benzene rings is 6. The van der Waals surface area contributed by atoms with E-state index in [1.165, 1.54) is 27.5 Å². The van der Waals surface area contributed by atoms with Crippen molar-refractivity contribution in [1.82, 2.24) is 16.0 Å². The Hall–Kier alpha value is -4.45. The lowest BCUT2D eigenvalue weighted by molar-refractivity contribution is 0.204. The van der Waals surface area contributed by atoms with Gasteiger partial charge in [0, 0.05) is 21.9 Å². The Morgan fingerprint density at radius 3 is 1.74 bits per heavy atom. The summed E-state index contributed by atoms with van der Waals surface area (Å²) in [6, 6.07) is 46.4. The van der Waals surface area contributed by atoms with Crippen molar-refractivity contribution in [1.29, 1.82) is 0 Å². The van der Waals surface area contributed by atoms with Crippen molar-refractivity contribution in [2.75, 3.05) is 0 Å². The van der Waals surface area contributed by atoms with Crippen molar-refractivity contribution in [3.05, 3.63) is 155 Å². The van der Waals surface area contributed by atoms with E-state index in [1.54, 1.807) is 0 Å². The summed E-state index contributed by atoms with van der Waals surface area (Å²) < 4.78 is 6.22. The van der Waals surface area contributed by atoms with Gasteiger partial charge >= 0.3 is 0 Å². The Labute approximate surface area is 248 Å². The second kappa shape index (κ2) is 10.4. The average Bonchev–Trinajstić information content (AvgIpc) is 3.43. The van der Waals surface area contributed by atoms with Gasteiger partial charge in [0.05, 0.1) is 18.5 Å². The van der Waals surface area contributed by atoms with Crippen LogP contribution in [-0.2, 0) is 0 Å². The molecule has 1 aliphatic heterocycles. The Balaban J connectivity index is 1.28. The molecule has 0 radical (unpaired) electrons. The van der Waals surface area contributed by atoms with Crippen LogP contribution in [0.25, 0.3) is 43.8 Å². The third-order valence-corrected chi connectivity index (χ3v) is 8.49. The lowest BCUT2D eigenvalue weighted by Gasteiger charge is -2.40. The van der Waals surface area contributed by atoms with Crippen molar-refractivity contribution in [3.63, 3.8) is 0 Å². The van der Waals surface area contributed by atoms with Crippen LogP contribution in [0, 0.1) is 0 Å². The number of fused-ring (bicyclic) bond motifs is 4. The number of hydrogen-bond acceptors (Lipinski definition) is 4. The van der Waals surface area contributed by atoms with Gasteiger partial charge < -0.3 is 4.42 Å². The minimum absolute atomic E-state index is 0.0362. The molecule has 2 heterocycles. The zero-order valence-corrected chi connectivity index (χ0v) is 23.5. The standard InChI is InChI=1S/C37H28ClN3O/c38-25-21-31(34-30-17-9-10-18-32(30)42-33(34)22-25)28-19-20-29(27-16-8-7-15-26(27)28)37-40-35(23-11-3-1-4-12-23)39-36(41-37)24-13-5-2-6-14-24/h1-22,35-37,39-41H. The highest BCUT2D eigenvalue weighted by Crippen LogP contribution is 2.42. The maximum Gasteiger partial charge on any atom is 0.137 e. The molecule has 42 heavy (non-hydrogen) atoms. The average molecular weight is 566 g/mol. The Morgan fingerprint density at radius 1 is 0.476 bits per heavy atom. The highest BCUT2D eigenvalue weighted by atomic mass is 35.5. The molecule has 0 bridgehead atoms. The molecule has 1 aliphatic rings. The summed E-state index contributed by atoms with van der Waals surface area (Å²) in [7, 11) is 0. The molecule has 0 amide bonds. The first-order chi connectivity index (χ1) is 20.7. The molecule has 0 spiro atoms. The van der Waals surface area contributed by atoms with Gasteiger partial charge in [-0.05, 0) is 50.7 Å². The van der Waals surface area contributed by atoms with E-state index in [1.807, 2.05) is 18.2 Å². The maximum absolute atomic E-state index is 6.67. The van der Waals surface area contributed by atoms with Gasteiger partial charge in [-0.15, -0.1) is 0 Å². The van der Waals surface area contributed by atoms with Gasteiger partial charge in [-0.1, -0.05) is 127 Å². The van der Waals surface area contributed by atoms with E-state index in [-0.39, 0.29) is 18.5 Å². The van der Waals surface area contributed by atoms with Gasteiger partial charge in [0.1, 0.15) is 11.2 Å². The number of furan rings is 1. The minimum Gasteiger partial charge on any atom is -0.456 e. The minimum atomic E-state index is -0.102. The van der Waals surface area contributed by atoms with Crippen LogP contribution in [0.15, 0.2) is 138 Å². The van der Waals surface area contributed by atoms with Crippen LogP contribution in [0.1, 0.15) is 35.2 Å². The second-order valence-electron chi connectivity index (χ2n) is 10.8. The lowest BCUT2D eigenvalue weighted by atomic mass is 9.91. The zero-order chi connectivity index (χ0) is 28.0. The topological polar surface area (TPSA) is 49.2 Å². The molecular weight excluding hydrogens is 538 g/mol. The summed E-state index contributed by atoms with van der Waals surface area (Å²) in [4.78, 5) is 0. The predicted molar refractivity (Wildman–Crippen MR) is 172 cm³/mol. The molecular formula is C37H28ClN3O. The highest BCUT2D eigenvalue weighted by molar-refractivity contribution is 6.32.